The Morgan fingerprint density at radius 1 is 0.731 bits per heavy atom. The molecule has 0 saturated carbocycles. The minimum Gasteiger partial charge on any atom is -0.456 e. The lowest BCUT2D eigenvalue weighted by atomic mass is 10.1. The van der Waals surface area contributed by atoms with Crippen molar-refractivity contribution < 1.29 is 4.42 Å². The van der Waals surface area contributed by atoms with Crippen LogP contribution in [0.25, 0.3) is 44.7 Å². The molecule has 1 N–H and O–H groups in total. The predicted molar refractivity (Wildman–Crippen MR) is 101 cm³/mol. The number of H-pyrrole nitrogens is 1. The largest absolute Gasteiger partial charge is 0.456 e. The number of fused-ring (bicyclic) bond motifs is 3. The van der Waals surface area contributed by atoms with E-state index in [0.717, 1.165) is 33.1 Å². The van der Waals surface area contributed by atoms with E-state index in [2.05, 4.69) is 15.0 Å². The van der Waals surface area contributed by atoms with Crippen LogP contribution < -0.4 is 5.69 Å². The van der Waals surface area contributed by atoms with E-state index in [1.54, 1.807) is 0 Å². The normalized spacial score (nSPS) is 11.2. The highest BCUT2D eigenvalue weighted by Crippen LogP contribution is 2.31. The van der Waals surface area contributed by atoms with Crippen molar-refractivity contribution in [1.29, 1.82) is 0 Å². The van der Waals surface area contributed by atoms with Crippen molar-refractivity contribution in [3.05, 3.63) is 83.3 Å². The quantitative estimate of drug-likeness (QED) is 0.517. The van der Waals surface area contributed by atoms with Crippen molar-refractivity contribution in [1.82, 2.24) is 15.0 Å². The molecule has 0 fully saturated rings. The van der Waals surface area contributed by atoms with Gasteiger partial charge >= 0.3 is 5.69 Å². The van der Waals surface area contributed by atoms with Gasteiger partial charge < -0.3 is 4.42 Å². The highest BCUT2D eigenvalue weighted by Gasteiger charge is 2.11. The van der Waals surface area contributed by atoms with Crippen molar-refractivity contribution in [3.8, 4) is 22.8 Å². The Hall–Kier alpha value is -3.73. The highest BCUT2D eigenvalue weighted by molar-refractivity contribution is 6.06. The predicted octanol–water partition coefficient (Wildman–Crippen LogP) is 4.40. The molecule has 3 aromatic carbocycles. The molecule has 0 saturated heterocycles. The molecule has 5 rings (SSSR count). The monoisotopic (exact) mass is 339 g/mol. The lowest BCUT2D eigenvalue weighted by Crippen LogP contribution is -2.14. The molecule has 0 atom stereocenters. The molecular formula is C21H13N3O2. The summed E-state index contributed by atoms with van der Waals surface area (Å²) in [4.78, 5) is 23.4. The van der Waals surface area contributed by atoms with Gasteiger partial charge in [0.15, 0.2) is 5.82 Å². The van der Waals surface area contributed by atoms with Crippen LogP contribution in [0.3, 0.4) is 0 Å². The molecular weight excluding hydrogens is 326 g/mol. The third-order valence-corrected chi connectivity index (χ3v) is 4.33. The molecule has 5 aromatic rings. The van der Waals surface area contributed by atoms with Gasteiger partial charge in [-0.3, -0.25) is 4.98 Å². The number of aromatic amines is 1. The fourth-order valence-corrected chi connectivity index (χ4v) is 3.11. The molecule has 0 radical (unpaired) electrons. The smallest absolute Gasteiger partial charge is 0.348 e. The molecule has 0 spiro atoms. The van der Waals surface area contributed by atoms with Gasteiger partial charge in [0.25, 0.3) is 0 Å². The average molecular weight is 339 g/mol. The van der Waals surface area contributed by atoms with Crippen molar-refractivity contribution in [2.75, 3.05) is 0 Å². The maximum Gasteiger partial charge on any atom is 0.348 e. The molecule has 0 bridgehead atoms. The molecule has 0 amide bonds. The van der Waals surface area contributed by atoms with Gasteiger partial charge in [-0.2, -0.15) is 4.98 Å². The van der Waals surface area contributed by atoms with E-state index in [0.29, 0.717) is 11.6 Å². The number of furan rings is 1. The summed E-state index contributed by atoms with van der Waals surface area (Å²) < 4.78 is 5.85. The van der Waals surface area contributed by atoms with Crippen LogP contribution in [0.15, 0.2) is 82.0 Å². The first-order valence-corrected chi connectivity index (χ1v) is 8.23. The Kier molecular flexibility index (Phi) is 3.18. The number of aromatic nitrogens is 3. The Bertz CT molecular complexity index is 1300. The van der Waals surface area contributed by atoms with Crippen LogP contribution >= 0.6 is 0 Å². The van der Waals surface area contributed by atoms with Gasteiger partial charge in [0.05, 0.1) is 0 Å². The van der Waals surface area contributed by atoms with Crippen LogP contribution in [0.1, 0.15) is 0 Å². The first-order chi connectivity index (χ1) is 12.8. The second-order valence-corrected chi connectivity index (χ2v) is 6.00. The van der Waals surface area contributed by atoms with Gasteiger partial charge in [-0.05, 0) is 24.3 Å². The maximum absolute atomic E-state index is 12.1. The number of rotatable bonds is 2. The minimum absolute atomic E-state index is 0.389. The maximum atomic E-state index is 12.1. The van der Waals surface area contributed by atoms with E-state index >= 15 is 0 Å². The number of nitrogens with zero attached hydrogens (tertiary/aromatic N) is 2. The van der Waals surface area contributed by atoms with E-state index in [9.17, 15) is 4.79 Å². The fraction of sp³-hybridized carbons (Fsp3) is 0. The Morgan fingerprint density at radius 3 is 2.38 bits per heavy atom. The van der Waals surface area contributed by atoms with Crippen LogP contribution in [0, 0.1) is 0 Å². The first kappa shape index (κ1) is 14.6. The second-order valence-electron chi connectivity index (χ2n) is 6.00. The Labute approximate surface area is 148 Å². The van der Waals surface area contributed by atoms with Gasteiger partial charge in [-0.25, -0.2) is 9.78 Å². The van der Waals surface area contributed by atoms with Gasteiger partial charge in [0.1, 0.15) is 17.0 Å². The summed E-state index contributed by atoms with van der Waals surface area (Å²) in [6.45, 7) is 0. The van der Waals surface area contributed by atoms with E-state index < -0.39 is 5.69 Å². The molecule has 2 heterocycles. The van der Waals surface area contributed by atoms with Crippen LogP contribution in [-0.2, 0) is 0 Å². The van der Waals surface area contributed by atoms with Gasteiger partial charge in [-0.1, -0.05) is 48.5 Å². The van der Waals surface area contributed by atoms with Crippen molar-refractivity contribution in [2.24, 2.45) is 0 Å². The van der Waals surface area contributed by atoms with E-state index in [4.69, 9.17) is 4.42 Å². The first-order valence-electron chi connectivity index (χ1n) is 8.23. The lowest BCUT2D eigenvalue weighted by molar-refractivity contribution is 0.669. The van der Waals surface area contributed by atoms with Crippen LogP contribution in [-0.4, -0.2) is 15.0 Å². The van der Waals surface area contributed by atoms with Gasteiger partial charge in [0, 0.05) is 21.9 Å². The minimum atomic E-state index is -0.425. The number of hydrogen-bond acceptors (Lipinski definition) is 4. The van der Waals surface area contributed by atoms with Crippen molar-refractivity contribution in [3.63, 3.8) is 0 Å². The second kappa shape index (κ2) is 5.67. The summed E-state index contributed by atoms with van der Waals surface area (Å²) in [5.41, 5.74) is 2.81. The molecule has 0 aliphatic rings. The highest BCUT2D eigenvalue weighted by atomic mass is 16.3. The molecule has 2 aromatic heterocycles. The molecule has 0 aliphatic heterocycles. The van der Waals surface area contributed by atoms with Crippen LogP contribution in [0.4, 0.5) is 0 Å². The molecule has 0 aliphatic carbocycles. The Morgan fingerprint density at radius 2 is 1.50 bits per heavy atom. The van der Waals surface area contributed by atoms with Crippen LogP contribution in [0.2, 0.25) is 0 Å². The third-order valence-electron chi connectivity index (χ3n) is 4.33. The molecule has 5 nitrogen and oxygen atoms in total. The molecule has 5 heteroatoms. The SMILES string of the molecule is O=c1nc(-c2ccc3oc4ccccc4c3c2)nc(-c2ccccc2)[nH]1. The van der Waals surface area contributed by atoms with Crippen molar-refractivity contribution in [2.45, 2.75) is 0 Å². The average Bonchev–Trinajstić information content (AvgIpc) is 3.06. The number of benzene rings is 3. The van der Waals surface area contributed by atoms with Gasteiger partial charge in [0.2, 0.25) is 0 Å². The molecule has 26 heavy (non-hydrogen) atoms. The van der Waals surface area contributed by atoms with Crippen LogP contribution in [0.5, 0.6) is 0 Å². The third kappa shape index (κ3) is 2.38. The topological polar surface area (TPSA) is 71.8 Å². The number of para-hydroxylation sites is 1. The summed E-state index contributed by atoms with van der Waals surface area (Å²) in [5.74, 6) is 0.887. The van der Waals surface area contributed by atoms with E-state index in [-0.39, 0.29) is 0 Å². The van der Waals surface area contributed by atoms with E-state index in [1.165, 1.54) is 0 Å². The fourth-order valence-electron chi connectivity index (χ4n) is 3.11. The molecule has 0 unspecified atom stereocenters. The Balaban J connectivity index is 1.71. The summed E-state index contributed by atoms with van der Waals surface area (Å²) in [5, 5.41) is 2.00. The zero-order chi connectivity index (χ0) is 17.5. The summed E-state index contributed by atoms with van der Waals surface area (Å²) >= 11 is 0. The summed E-state index contributed by atoms with van der Waals surface area (Å²) in [6.07, 6.45) is 0. The lowest BCUT2D eigenvalue weighted by Gasteiger charge is -2.04. The van der Waals surface area contributed by atoms with Crippen molar-refractivity contribution >= 4 is 21.9 Å². The zero-order valence-corrected chi connectivity index (χ0v) is 13.6. The van der Waals surface area contributed by atoms with E-state index in [1.807, 2.05) is 72.8 Å². The summed E-state index contributed by atoms with van der Waals surface area (Å²) in [7, 11) is 0. The number of hydrogen-bond donors (Lipinski definition) is 1. The van der Waals surface area contributed by atoms with Gasteiger partial charge in [-0.15, -0.1) is 0 Å². The number of nitrogens with one attached hydrogen (secondary N) is 1. The molecule has 124 valence electrons. The standard InChI is InChI=1S/C21H13N3O2/c25-21-23-19(13-6-2-1-3-7-13)22-20(24-21)14-10-11-18-16(12-14)15-8-4-5-9-17(15)26-18/h1-12H,(H,22,23,24,25). The zero-order valence-electron chi connectivity index (χ0n) is 13.6. The summed E-state index contributed by atoms with van der Waals surface area (Å²) in [6, 6.07) is 23.1.